The molecule has 0 radical (unpaired) electrons. The molecular weight excluding hydrogens is 200 g/mol. The van der Waals surface area contributed by atoms with Crippen LogP contribution in [0.25, 0.3) is 0 Å². The lowest BCUT2D eigenvalue weighted by Gasteiger charge is -2.19. The molecule has 0 aromatic carbocycles. The van der Waals surface area contributed by atoms with Crippen molar-refractivity contribution in [2.24, 2.45) is 11.8 Å². The van der Waals surface area contributed by atoms with E-state index in [-0.39, 0.29) is 0 Å². The Labute approximate surface area is 97.6 Å². The molecule has 3 unspecified atom stereocenters. The predicted molar refractivity (Wildman–Crippen MR) is 64.2 cm³/mol. The van der Waals surface area contributed by atoms with Crippen LogP contribution in [0.15, 0.2) is 4.52 Å². The number of hydrogen-bond donors (Lipinski definition) is 1. The Hall–Kier alpha value is -0.830. The van der Waals surface area contributed by atoms with Crippen molar-refractivity contribution in [3.63, 3.8) is 0 Å². The quantitative estimate of drug-likeness (QED) is 0.854. The minimum atomic E-state index is 0.656. The molecule has 2 rings (SSSR count). The van der Waals surface area contributed by atoms with Crippen molar-refractivity contribution in [3.8, 4) is 0 Å². The molecule has 1 aromatic heterocycles. The fourth-order valence-corrected chi connectivity index (χ4v) is 2.64. The average molecular weight is 222 g/mol. The summed E-state index contributed by atoms with van der Waals surface area (Å²) in [6, 6.07) is 0.656. The van der Waals surface area contributed by atoms with E-state index in [0.717, 1.165) is 29.8 Å². The molecule has 3 heteroatoms. The number of nitrogens with one attached hydrogen (secondary N) is 1. The highest BCUT2D eigenvalue weighted by Gasteiger charge is 2.29. The first-order valence-electron chi connectivity index (χ1n) is 6.24. The van der Waals surface area contributed by atoms with Crippen LogP contribution in [0.4, 0.5) is 0 Å². The second-order valence-corrected chi connectivity index (χ2v) is 5.20. The van der Waals surface area contributed by atoms with Gasteiger partial charge in [0.2, 0.25) is 0 Å². The summed E-state index contributed by atoms with van der Waals surface area (Å²) >= 11 is 0. The van der Waals surface area contributed by atoms with E-state index in [1.807, 2.05) is 13.8 Å². The molecule has 0 aliphatic heterocycles. The number of rotatable bonds is 3. The summed E-state index contributed by atoms with van der Waals surface area (Å²) in [5.41, 5.74) is 2.25. The van der Waals surface area contributed by atoms with Crippen LogP contribution >= 0.6 is 0 Å². The average Bonchev–Trinajstić information content (AvgIpc) is 2.73. The molecule has 1 N–H and O–H groups in total. The minimum absolute atomic E-state index is 0.656. The van der Waals surface area contributed by atoms with Gasteiger partial charge in [-0.1, -0.05) is 19.0 Å². The summed E-state index contributed by atoms with van der Waals surface area (Å²) in [5.74, 6) is 2.58. The van der Waals surface area contributed by atoms with E-state index >= 15 is 0 Å². The summed E-state index contributed by atoms with van der Waals surface area (Å²) in [5, 5.41) is 7.63. The molecule has 0 spiro atoms. The normalized spacial score (nSPS) is 29.9. The number of aromatic nitrogens is 1. The number of nitrogens with zero attached hydrogens (tertiary/aromatic N) is 1. The molecule has 0 bridgehead atoms. The summed E-state index contributed by atoms with van der Waals surface area (Å²) in [4.78, 5) is 0. The van der Waals surface area contributed by atoms with E-state index in [1.165, 1.54) is 18.4 Å². The standard InChI is InChI=1S/C13H22N2O/c1-8-5-6-13(9(8)2)14-7-12-10(3)15-16-11(12)4/h8-9,13-14H,5-7H2,1-4H3. The van der Waals surface area contributed by atoms with Gasteiger partial charge in [-0.3, -0.25) is 0 Å². The van der Waals surface area contributed by atoms with Gasteiger partial charge in [0, 0.05) is 18.2 Å². The largest absolute Gasteiger partial charge is 0.361 e. The van der Waals surface area contributed by atoms with Gasteiger partial charge < -0.3 is 9.84 Å². The zero-order valence-electron chi connectivity index (χ0n) is 10.7. The van der Waals surface area contributed by atoms with Gasteiger partial charge in [0.1, 0.15) is 5.76 Å². The van der Waals surface area contributed by atoms with E-state index in [2.05, 4.69) is 24.3 Å². The first kappa shape index (κ1) is 11.6. The molecule has 1 saturated carbocycles. The van der Waals surface area contributed by atoms with Crippen LogP contribution in [0.1, 0.15) is 43.7 Å². The van der Waals surface area contributed by atoms with E-state index in [1.54, 1.807) is 0 Å². The van der Waals surface area contributed by atoms with Crippen LogP contribution in [0, 0.1) is 25.7 Å². The van der Waals surface area contributed by atoms with E-state index in [0.29, 0.717) is 6.04 Å². The fourth-order valence-electron chi connectivity index (χ4n) is 2.64. The van der Waals surface area contributed by atoms with Crippen LogP contribution in [-0.2, 0) is 6.54 Å². The Morgan fingerprint density at radius 2 is 2.06 bits per heavy atom. The molecule has 1 aliphatic carbocycles. The van der Waals surface area contributed by atoms with Gasteiger partial charge in [0.25, 0.3) is 0 Å². The lowest BCUT2D eigenvalue weighted by Crippen LogP contribution is -2.32. The van der Waals surface area contributed by atoms with Gasteiger partial charge in [0.05, 0.1) is 5.69 Å². The first-order valence-corrected chi connectivity index (χ1v) is 6.24. The lowest BCUT2D eigenvalue weighted by molar-refractivity contribution is 0.367. The maximum Gasteiger partial charge on any atom is 0.138 e. The van der Waals surface area contributed by atoms with Crippen molar-refractivity contribution in [3.05, 3.63) is 17.0 Å². The lowest BCUT2D eigenvalue weighted by atomic mass is 9.97. The highest BCUT2D eigenvalue weighted by atomic mass is 16.5. The second-order valence-electron chi connectivity index (χ2n) is 5.20. The van der Waals surface area contributed by atoms with Gasteiger partial charge in [-0.25, -0.2) is 0 Å². The zero-order chi connectivity index (χ0) is 11.7. The Morgan fingerprint density at radius 1 is 1.31 bits per heavy atom. The summed E-state index contributed by atoms with van der Waals surface area (Å²) < 4.78 is 5.17. The molecule has 1 fully saturated rings. The monoisotopic (exact) mass is 222 g/mol. The molecule has 1 aliphatic rings. The highest BCUT2D eigenvalue weighted by molar-refractivity contribution is 5.20. The summed E-state index contributed by atoms with van der Waals surface area (Å²) in [6.07, 6.45) is 2.64. The third-order valence-electron chi connectivity index (χ3n) is 4.19. The molecule has 1 aromatic rings. The third-order valence-corrected chi connectivity index (χ3v) is 4.19. The van der Waals surface area contributed by atoms with Gasteiger partial charge in [-0.2, -0.15) is 0 Å². The molecule has 0 saturated heterocycles. The molecule has 16 heavy (non-hydrogen) atoms. The Morgan fingerprint density at radius 3 is 2.56 bits per heavy atom. The zero-order valence-corrected chi connectivity index (χ0v) is 10.7. The predicted octanol–water partition coefficient (Wildman–Crippen LogP) is 2.82. The summed E-state index contributed by atoms with van der Waals surface area (Å²) in [6.45, 7) is 9.58. The van der Waals surface area contributed by atoms with Crippen molar-refractivity contribution in [1.29, 1.82) is 0 Å². The maximum atomic E-state index is 5.17. The van der Waals surface area contributed by atoms with Crippen LogP contribution in [0.2, 0.25) is 0 Å². The fraction of sp³-hybridized carbons (Fsp3) is 0.769. The highest BCUT2D eigenvalue weighted by Crippen LogP contribution is 2.31. The van der Waals surface area contributed by atoms with Crippen LogP contribution in [0.5, 0.6) is 0 Å². The molecular formula is C13H22N2O. The SMILES string of the molecule is Cc1noc(C)c1CNC1CCC(C)C1C. The molecule has 0 amide bonds. The van der Waals surface area contributed by atoms with Crippen molar-refractivity contribution >= 4 is 0 Å². The Balaban J connectivity index is 1.93. The van der Waals surface area contributed by atoms with E-state index in [9.17, 15) is 0 Å². The van der Waals surface area contributed by atoms with Crippen molar-refractivity contribution in [1.82, 2.24) is 10.5 Å². The van der Waals surface area contributed by atoms with Crippen LogP contribution in [0.3, 0.4) is 0 Å². The number of hydrogen-bond acceptors (Lipinski definition) is 3. The molecule has 3 atom stereocenters. The van der Waals surface area contributed by atoms with E-state index < -0.39 is 0 Å². The van der Waals surface area contributed by atoms with Crippen molar-refractivity contribution in [2.75, 3.05) is 0 Å². The topological polar surface area (TPSA) is 38.1 Å². The van der Waals surface area contributed by atoms with Crippen molar-refractivity contribution in [2.45, 2.75) is 53.1 Å². The first-order chi connectivity index (χ1) is 7.59. The smallest absolute Gasteiger partial charge is 0.138 e. The van der Waals surface area contributed by atoms with Gasteiger partial charge in [0.15, 0.2) is 0 Å². The summed E-state index contributed by atoms with van der Waals surface area (Å²) in [7, 11) is 0. The van der Waals surface area contributed by atoms with Crippen LogP contribution < -0.4 is 5.32 Å². The van der Waals surface area contributed by atoms with Gasteiger partial charge >= 0.3 is 0 Å². The molecule has 1 heterocycles. The Kier molecular flexibility index (Phi) is 3.33. The van der Waals surface area contributed by atoms with Crippen LogP contribution in [-0.4, -0.2) is 11.2 Å². The maximum absolute atomic E-state index is 5.17. The minimum Gasteiger partial charge on any atom is -0.361 e. The second kappa shape index (κ2) is 4.58. The molecule has 90 valence electrons. The van der Waals surface area contributed by atoms with E-state index in [4.69, 9.17) is 4.52 Å². The van der Waals surface area contributed by atoms with Gasteiger partial charge in [-0.15, -0.1) is 0 Å². The molecule has 3 nitrogen and oxygen atoms in total. The van der Waals surface area contributed by atoms with Crippen molar-refractivity contribution < 1.29 is 4.52 Å². The Bertz CT molecular complexity index is 339. The van der Waals surface area contributed by atoms with Gasteiger partial charge in [-0.05, 0) is 38.5 Å². The third kappa shape index (κ3) is 2.14. The number of aryl methyl sites for hydroxylation is 2.